The van der Waals surface area contributed by atoms with E-state index in [1.165, 1.54) is 12.8 Å². The van der Waals surface area contributed by atoms with Crippen LogP contribution in [0.5, 0.6) is 0 Å². The molecule has 0 spiro atoms. The Bertz CT molecular complexity index is 127. The Morgan fingerprint density at radius 3 is 1.54 bits per heavy atom. The molecule has 0 aromatic heterocycles. The molecule has 0 atom stereocenters. The fraction of sp³-hybridized carbons (Fsp3) is 0.444. The molecule has 0 amide bonds. The summed E-state index contributed by atoms with van der Waals surface area (Å²) in [6.45, 7) is 2.00. The number of allylic oxidation sites excluding steroid dienone is 4. The van der Waals surface area contributed by atoms with E-state index in [0.29, 0.717) is 0 Å². The Hall–Kier alpha value is 0.734. The maximum atomic E-state index is 4.94. The predicted octanol–water partition coefficient (Wildman–Crippen LogP) is 3.49. The fourth-order valence-corrected chi connectivity index (χ4v) is 0.831. The van der Waals surface area contributed by atoms with Gasteiger partial charge in [-0.1, -0.05) is 24.3 Å². The van der Waals surface area contributed by atoms with Crippen LogP contribution in [-0.2, 0) is 21.8 Å². The molecule has 1 nitrogen and oxygen atoms in total. The van der Waals surface area contributed by atoms with Crippen LogP contribution in [0.1, 0.15) is 12.8 Å². The third kappa shape index (κ3) is 12.7. The zero-order valence-corrected chi connectivity index (χ0v) is 10.5. The first-order valence-corrected chi connectivity index (χ1v) is 8.42. The molecule has 1 heterocycles. The van der Waals surface area contributed by atoms with Crippen molar-refractivity contribution >= 4 is 18.6 Å². The zero-order chi connectivity index (χ0) is 9.78. The molecule has 0 N–H and O–H groups in total. The minimum atomic E-state index is -0.556. The molecule has 13 heavy (non-hydrogen) atoms. The van der Waals surface area contributed by atoms with Crippen LogP contribution in [0.2, 0.25) is 0 Å². The van der Waals surface area contributed by atoms with Gasteiger partial charge in [-0.2, -0.15) is 0 Å². The van der Waals surface area contributed by atoms with Crippen LogP contribution < -0.4 is 0 Å². The van der Waals surface area contributed by atoms with Gasteiger partial charge >= 0.3 is 35.6 Å². The van der Waals surface area contributed by atoms with Gasteiger partial charge in [0.1, 0.15) is 0 Å². The summed E-state index contributed by atoms with van der Waals surface area (Å²) in [4.78, 5) is 0. The van der Waals surface area contributed by atoms with E-state index in [-0.39, 0.29) is 0 Å². The van der Waals surface area contributed by atoms with Gasteiger partial charge in [0.25, 0.3) is 0 Å². The fourth-order valence-electron chi connectivity index (χ4n) is 0.831. The van der Waals surface area contributed by atoms with Crippen LogP contribution in [-0.4, -0.2) is 13.2 Å². The number of rotatable bonds is 0. The average molecular weight is 256 g/mol. The average Bonchev–Trinajstić information content (AvgIpc) is 2.85. The summed E-state index contributed by atoms with van der Waals surface area (Å²) in [7, 11) is 9.78. The zero-order valence-electron chi connectivity index (χ0n) is 7.38. The van der Waals surface area contributed by atoms with E-state index in [2.05, 4.69) is 0 Å². The van der Waals surface area contributed by atoms with Gasteiger partial charge in [-0.05, 0) is 12.8 Å². The van der Waals surface area contributed by atoms with E-state index >= 15 is 0 Å². The van der Waals surface area contributed by atoms with Gasteiger partial charge in [0.05, 0.1) is 0 Å². The molecule has 2 rings (SSSR count). The second-order valence-electron chi connectivity index (χ2n) is 2.35. The van der Waals surface area contributed by atoms with E-state index < -0.39 is 17.0 Å². The topological polar surface area (TPSA) is 9.23 Å². The van der Waals surface area contributed by atoms with Crippen molar-refractivity contribution in [2.75, 3.05) is 13.2 Å². The van der Waals surface area contributed by atoms with Crippen molar-refractivity contribution in [3.05, 3.63) is 30.7 Å². The van der Waals surface area contributed by atoms with Crippen LogP contribution in [0, 0.1) is 6.42 Å². The summed E-state index contributed by atoms with van der Waals surface area (Å²) < 4.78 is 4.94. The molecule has 1 radical (unpaired) electrons. The first-order valence-electron chi connectivity index (χ1n) is 4.12. The molecule has 1 fully saturated rings. The Morgan fingerprint density at radius 1 is 0.923 bits per heavy atom. The van der Waals surface area contributed by atoms with Gasteiger partial charge in [0.15, 0.2) is 0 Å². The molecule has 0 saturated carbocycles. The van der Waals surface area contributed by atoms with Crippen LogP contribution in [0.4, 0.5) is 0 Å². The van der Waals surface area contributed by atoms with Crippen molar-refractivity contribution in [1.82, 2.24) is 0 Å². The third-order valence-corrected chi connectivity index (χ3v) is 1.38. The van der Waals surface area contributed by atoms with Crippen molar-refractivity contribution in [2.24, 2.45) is 0 Å². The number of ether oxygens (including phenoxy) is 1. The van der Waals surface area contributed by atoms with Crippen LogP contribution in [0.3, 0.4) is 0 Å². The first kappa shape index (κ1) is 13.7. The van der Waals surface area contributed by atoms with Gasteiger partial charge in [-0.3, -0.25) is 0 Å². The molecule has 0 unspecified atom stereocenters. The summed E-state index contributed by atoms with van der Waals surface area (Å²) in [5.74, 6) is 0. The normalized spacial score (nSPS) is 17.1. The minimum absolute atomic E-state index is 0.556. The number of hydrogen-bond acceptors (Lipinski definition) is 1. The Balaban J connectivity index is 0.000000174. The third-order valence-electron chi connectivity index (χ3n) is 1.38. The van der Waals surface area contributed by atoms with E-state index in [1.54, 1.807) is 0 Å². The summed E-state index contributed by atoms with van der Waals surface area (Å²) in [6, 6.07) is 0. The predicted molar refractivity (Wildman–Crippen MR) is 54.3 cm³/mol. The number of halogens is 2. The van der Waals surface area contributed by atoms with Crippen molar-refractivity contribution in [3.63, 3.8) is 0 Å². The molecule has 1 aliphatic carbocycles. The second-order valence-corrected chi connectivity index (χ2v) is 4.93. The Kier molecular flexibility index (Phi) is 13.5. The molecule has 4 heteroatoms. The second kappa shape index (κ2) is 12.7. The quantitative estimate of drug-likeness (QED) is 0.603. The van der Waals surface area contributed by atoms with E-state index in [1.807, 2.05) is 30.7 Å². The standard InChI is InChI=1S/C5H5.C4H8O.2ClH.Ti/c2*1-2-4-5-3-1;;;/h1-5H;1-4H2;2*1H;/q;;;;+2/p-2. The van der Waals surface area contributed by atoms with Crippen LogP contribution >= 0.6 is 18.6 Å². The molecular weight excluding hydrogens is 243 g/mol. The van der Waals surface area contributed by atoms with Gasteiger partial charge < -0.3 is 4.74 Å². The van der Waals surface area contributed by atoms with E-state index in [9.17, 15) is 0 Å². The van der Waals surface area contributed by atoms with Crippen LogP contribution in [0.15, 0.2) is 24.3 Å². The summed E-state index contributed by atoms with van der Waals surface area (Å²) in [6.07, 6.45) is 12.6. The van der Waals surface area contributed by atoms with E-state index in [4.69, 9.17) is 23.3 Å². The summed E-state index contributed by atoms with van der Waals surface area (Å²) >= 11 is -0.556. The van der Waals surface area contributed by atoms with Gasteiger partial charge in [-0.15, -0.1) is 0 Å². The molecule has 0 aromatic carbocycles. The maximum absolute atomic E-state index is 4.94. The summed E-state index contributed by atoms with van der Waals surface area (Å²) in [5.41, 5.74) is 0. The van der Waals surface area contributed by atoms with Crippen LogP contribution in [0.25, 0.3) is 0 Å². The monoisotopic (exact) mass is 255 g/mol. The first-order chi connectivity index (χ1) is 6.41. The molecule has 1 aliphatic heterocycles. The Morgan fingerprint density at radius 2 is 1.38 bits per heavy atom. The van der Waals surface area contributed by atoms with Gasteiger partial charge in [-0.25, -0.2) is 0 Å². The van der Waals surface area contributed by atoms with Gasteiger partial charge in [0.2, 0.25) is 0 Å². The van der Waals surface area contributed by atoms with Crippen molar-refractivity contribution < 1.29 is 21.8 Å². The van der Waals surface area contributed by atoms with Gasteiger partial charge in [0, 0.05) is 19.6 Å². The summed E-state index contributed by atoms with van der Waals surface area (Å²) in [5, 5.41) is 0. The number of hydrogen-bond donors (Lipinski definition) is 0. The SMILES string of the molecule is C1CCOC1.[CH]1C=CC=C1.[Cl][Ti][Cl]. The Labute approximate surface area is 96.8 Å². The van der Waals surface area contributed by atoms with Crippen molar-refractivity contribution in [2.45, 2.75) is 12.8 Å². The molecule has 1 saturated heterocycles. The molecule has 2 aliphatic rings. The molecular formula is C9H13Cl2OTi. The molecule has 73 valence electrons. The van der Waals surface area contributed by atoms with E-state index in [0.717, 1.165) is 13.2 Å². The van der Waals surface area contributed by atoms with Crippen molar-refractivity contribution in [3.8, 4) is 0 Å². The molecule has 0 aromatic rings. The van der Waals surface area contributed by atoms with Crippen molar-refractivity contribution in [1.29, 1.82) is 0 Å². The molecule has 0 bridgehead atoms.